The van der Waals surface area contributed by atoms with E-state index in [-0.39, 0.29) is 27.5 Å². The Hall–Kier alpha value is -10.2. The molecule has 3 aromatic heterocycles. The van der Waals surface area contributed by atoms with Crippen molar-refractivity contribution in [1.29, 1.82) is 0 Å². The van der Waals surface area contributed by atoms with E-state index in [2.05, 4.69) is 0 Å². The summed E-state index contributed by atoms with van der Waals surface area (Å²) in [5.74, 6) is -14.4. The second-order valence-electron chi connectivity index (χ2n) is 16.5. The predicted molar refractivity (Wildman–Crippen MR) is 256 cm³/mol. The minimum atomic E-state index is -1.31. The Bertz CT molecular complexity index is 4200. The maximum Gasteiger partial charge on any atom is 0.204 e. The highest BCUT2D eigenvalue weighted by Crippen LogP contribution is 2.64. The van der Waals surface area contributed by atoms with Crippen molar-refractivity contribution in [3.8, 4) is 126 Å². The molecule has 19 heteroatoms. The lowest BCUT2D eigenvalue weighted by Gasteiger charge is -2.19. The Kier molecular flexibility index (Phi) is 8.36. The van der Waals surface area contributed by atoms with Gasteiger partial charge in [0.05, 0.1) is 0 Å². The van der Waals surface area contributed by atoms with Crippen LogP contribution in [0.3, 0.4) is 0 Å². The Morgan fingerprint density at radius 1 is 0.357 bits per heavy atom. The van der Waals surface area contributed by atoms with Gasteiger partial charge in [0.1, 0.15) is 41.5 Å². The number of rotatable bonds is 5. The minimum Gasteiger partial charge on any atom is -0.506 e. The van der Waals surface area contributed by atoms with Gasteiger partial charge in [-0.2, -0.15) is 0 Å². The van der Waals surface area contributed by atoms with Crippen LogP contribution in [-0.2, 0) is 0 Å². The van der Waals surface area contributed by atoms with Gasteiger partial charge < -0.3 is 70.8 Å². The molecule has 0 fully saturated rings. The van der Waals surface area contributed by atoms with E-state index >= 15 is 0 Å². The van der Waals surface area contributed by atoms with Crippen LogP contribution in [0.4, 0.5) is 0 Å². The molecule has 0 bridgehead atoms. The van der Waals surface area contributed by atoms with Gasteiger partial charge in [0.25, 0.3) is 0 Å². The molecule has 0 aliphatic rings. The maximum absolute atomic E-state index is 12.3. The van der Waals surface area contributed by atoms with E-state index in [0.717, 1.165) is 11.1 Å². The zero-order valence-electron chi connectivity index (χ0n) is 35.3. The van der Waals surface area contributed by atoms with Crippen molar-refractivity contribution >= 4 is 78.6 Å². The molecule has 18 nitrogen and oxygen atoms in total. The number of phenolic OH excluding ortho intramolecular Hbond substituents is 13. The van der Waals surface area contributed by atoms with Gasteiger partial charge in [0.2, 0.25) is 23.0 Å². The van der Waals surface area contributed by atoms with E-state index < -0.39 is 118 Å². The van der Waals surface area contributed by atoms with Gasteiger partial charge in [-0.1, -0.05) is 72.8 Å². The average molecular weight is 933 g/mol. The normalized spacial score (nSPS) is 11.9. The number of fused-ring (bicyclic) bond motifs is 6. The van der Waals surface area contributed by atoms with Gasteiger partial charge in [-0.15, -0.1) is 0 Å². The summed E-state index contributed by atoms with van der Waals surface area (Å²) < 4.78 is 7.07. The second kappa shape index (κ2) is 14.2. The number of aromatic hydroxyl groups is 13. The van der Waals surface area contributed by atoms with Crippen LogP contribution in [0.15, 0.2) is 101 Å². The fourth-order valence-electron chi connectivity index (χ4n) is 9.55. The average Bonchev–Trinajstić information content (AvgIpc) is 3.93. The number of benzene rings is 9. The lowest BCUT2D eigenvalue weighted by molar-refractivity contribution is 0.351. The Morgan fingerprint density at radius 3 is 1.31 bits per heavy atom. The summed E-state index contributed by atoms with van der Waals surface area (Å²) in [5.41, 5.74) is -0.856. The number of nitrogens with zero attached hydrogens (tertiary/aromatic N) is 4. The van der Waals surface area contributed by atoms with E-state index in [1.54, 1.807) is 18.2 Å². The summed E-state index contributed by atoms with van der Waals surface area (Å²) in [6.45, 7) is 0. The summed E-state index contributed by atoms with van der Waals surface area (Å²) in [4.78, 5) is 14.4. The van der Waals surface area contributed by atoms with Crippen LogP contribution in [-0.4, -0.2) is 93.8 Å². The predicted octanol–water partition coefficient (Wildman–Crippen LogP) is 8.25. The molecule has 0 aliphatic heterocycles. The van der Waals surface area contributed by atoms with E-state index in [4.69, 9.17) is 27.2 Å². The first kappa shape index (κ1) is 41.3. The molecular formula is C51H29BN4O14. The quantitative estimate of drug-likeness (QED) is 0.0334. The third kappa shape index (κ3) is 5.30. The molecule has 0 saturated heterocycles. The van der Waals surface area contributed by atoms with Crippen molar-refractivity contribution in [1.82, 2.24) is 19.5 Å². The molecule has 0 spiro atoms. The Morgan fingerprint density at radius 2 is 0.771 bits per heavy atom. The molecule has 9 aromatic carbocycles. The molecule has 340 valence electrons. The fourth-order valence-corrected chi connectivity index (χ4v) is 9.55. The first-order chi connectivity index (χ1) is 33.6. The lowest BCUT2D eigenvalue weighted by Crippen LogP contribution is -2.09. The molecule has 70 heavy (non-hydrogen) atoms. The smallest absolute Gasteiger partial charge is 0.204 e. The van der Waals surface area contributed by atoms with Gasteiger partial charge in [0.15, 0.2) is 63.5 Å². The van der Waals surface area contributed by atoms with Gasteiger partial charge in [-0.05, 0) is 35.3 Å². The Balaban J connectivity index is 1.16. The molecule has 0 atom stereocenters. The molecule has 0 unspecified atom stereocenters. The standard InChI is InChI=1S/C51H29BN4O14/c52-32-40(61)35(44(65)48(69)41(32)62)56-33-27-26(29-31(39(60)47(68)46(67)37(29)58)30-28(27)34(56)43(64)45(66)38(30)59)25(36(57)42(33)63)19-11-13-21-22-14-12-20(16-24(22)70-23(21)15-19)51-54-49(17-7-3-1-4-8-17)53-50(55-51)18-9-5-2-6-10-18/h1-16,57-69H. The van der Waals surface area contributed by atoms with Crippen molar-refractivity contribution < 1.29 is 70.8 Å². The summed E-state index contributed by atoms with van der Waals surface area (Å²) in [6.07, 6.45) is 0. The van der Waals surface area contributed by atoms with Gasteiger partial charge in [0, 0.05) is 65.3 Å². The summed E-state index contributed by atoms with van der Waals surface area (Å²) in [5, 5.41) is 146. The van der Waals surface area contributed by atoms with Crippen LogP contribution in [0.25, 0.3) is 116 Å². The van der Waals surface area contributed by atoms with Crippen LogP contribution in [0.2, 0.25) is 0 Å². The van der Waals surface area contributed by atoms with Crippen LogP contribution in [0, 0.1) is 0 Å². The molecule has 2 radical (unpaired) electrons. The van der Waals surface area contributed by atoms with Gasteiger partial charge in [-0.3, -0.25) is 4.57 Å². The topological polar surface area (TPSA) is 320 Å². The highest BCUT2D eigenvalue weighted by Gasteiger charge is 2.38. The number of phenols is 13. The monoisotopic (exact) mass is 932 g/mol. The van der Waals surface area contributed by atoms with Crippen molar-refractivity contribution in [2.75, 3.05) is 0 Å². The summed E-state index contributed by atoms with van der Waals surface area (Å²) >= 11 is 0. The van der Waals surface area contributed by atoms with Crippen LogP contribution >= 0.6 is 0 Å². The van der Waals surface area contributed by atoms with E-state index in [1.165, 1.54) is 12.1 Å². The SMILES string of the molecule is [B]c1c(O)c(O)c(O)c(-n2c3c(O)c(O)c(O)c4c5c(O)c(O)c(O)c(O)c5c5c(-c6ccc7c(c6)oc6cc(-c8nc(-c9ccccc9)nc(-c9ccccc9)n8)ccc67)c(O)c(O)c2c5c43)c1O. The molecule has 0 aliphatic carbocycles. The molecule has 13 N–H and O–H groups in total. The summed E-state index contributed by atoms with van der Waals surface area (Å²) in [6, 6.07) is 28.8. The third-order valence-corrected chi connectivity index (χ3v) is 12.8. The van der Waals surface area contributed by atoms with Crippen LogP contribution < -0.4 is 5.46 Å². The second-order valence-corrected chi connectivity index (χ2v) is 16.5. The third-order valence-electron chi connectivity index (χ3n) is 12.8. The van der Waals surface area contributed by atoms with Gasteiger partial charge >= 0.3 is 0 Å². The van der Waals surface area contributed by atoms with Crippen LogP contribution in [0.1, 0.15) is 0 Å². The molecule has 0 amide bonds. The first-order valence-electron chi connectivity index (χ1n) is 20.9. The molecular weight excluding hydrogens is 903 g/mol. The maximum atomic E-state index is 12.3. The molecule has 12 aromatic rings. The van der Waals surface area contributed by atoms with Crippen molar-refractivity contribution in [3.63, 3.8) is 0 Å². The molecule has 12 rings (SSSR count). The van der Waals surface area contributed by atoms with Crippen LogP contribution in [0.5, 0.6) is 74.7 Å². The molecule has 0 saturated carbocycles. The number of furan rings is 1. The minimum absolute atomic E-state index is 0.0418. The van der Waals surface area contributed by atoms with E-state index in [9.17, 15) is 66.4 Å². The number of hydrogen-bond donors (Lipinski definition) is 13. The highest BCUT2D eigenvalue weighted by molar-refractivity contribution is 6.42. The number of aromatic nitrogens is 4. The van der Waals surface area contributed by atoms with Crippen molar-refractivity contribution in [3.05, 3.63) is 97.1 Å². The van der Waals surface area contributed by atoms with E-state index in [0.29, 0.717) is 44.0 Å². The summed E-state index contributed by atoms with van der Waals surface area (Å²) in [7, 11) is 5.90. The lowest BCUT2D eigenvalue weighted by atomic mass is 9.86. The number of hydrogen-bond acceptors (Lipinski definition) is 17. The molecule has 3 heterocycles. The first-order valence-corrected chi connectivity index (χ1v) is 20.9. The fraction of sp³-hybridized carbons (Fsp3) is 0. The zero-order chi connectivity index (χ0) is 48.9. The van der Waals surface area contributed by atoms with E-state index in [1.807, 2.05) is 66.7 Å². The Labute approximate surface area is 390 Å². The largest absolute Gasteiger partial charge is 0.506 e. The van der Waals surface area contributed by atoms with Crippen molar-refractivity contribution in [2.24, 2.45) is 0 Å². The van der Waals surface area contributed by atoms with Crippen molar-refractivity contribution in [2.45, 2.75) is 0 Å². The van der Waals surface area contributed by atoms with Gasteiger partial charge in [-0.25, -0.2) is 15.0 Å². The zero-order valence-corrected chi connectivity index (χ0v) is 35.3. The highest BCUT2D eigenvalue weighted by atomic mass is 16.4.